The van der Waals surface area contributed by atoms with E-state index in [-0.39, 0.29) is 12.5 Å². The molecule has 1 aromatic carbocycles. The van der Waals surface area contributed by atoms with Gasteiger partial charge in [-0.2, -0.15) is 10.5 Å². The zero-order valence-corrected chi connectivity index (χ0v) is 10.9. The van der Waals surface area contributed by atoms with Crippen LogP contribution >= 0.6 is 0 Å². The Hall–Kier alpha value is -2.53. The molecule has 0 bridgehead atoms. The van der Waals surface area contributed by atoms with E-state index in [0.29, 0.717) is 17.7 Å². The van der Waals surface area contributed by atoms with Gasteiger partial charge in [-0.25, -0.2) is 0 Å². The molecule has 0 aromatic heterocycles. The van der Waals surface area contributed by atoms with Crippen molar-refractivity contribution in [2.45, 2.75) is 25.8 Å². The highest BCUT2D eigenvalue weighted by atomic mass is 16.5. The van der Waals surface area contributed by atoms with Crippen LogP contribution in [0, 0.1) is 22.7 Å². The lowest BCUT2D eigenvalue weighted by Crippen LogP contribution is -2.46. The quantitative estimate of drug-likeness (QED) is 0.870. The van der Waals surface area contributed by atoms with Crippen molar-refractivity contribution in [1.82, 2.24) is 5.32 Å². The van der Waals surface area contributed by atoms with Crippen molar-refractivity contribution in [3.8, 4) is 17.9 Å². The highest BCUT2D eigenvalue weighted by molar-refractivity contribution is 5.78. The molecule has 1 aromatic rings. The largest absolute Gasteiger partial charge is 0.484 e. The van der Waals surface area contributed by atoms with Crippen molar-refractivity contribution >= 4 is 5.91 Å². The van der Waals surface area contributed by atoms with Crippen LogP contribution in [0.25, 0.3) is 0 Å². The van der Waals surface area contributed by atoms with Gasteiger partial charge in [-0.1, -0.05) is 6.92 Å². The Morgan fingerprint density at radius 1 is 1.37 bits per heavy atom. The summed E-state index contributed by atoms with van der Waals surface area (Å²) in [7, 11) is 0. The molecule has 0 heterocycles. The Morgan fingerprint density at radius 2 is 2.00 bits per heavy atom. The maximum Gasteiger partial charge on any atom is 0.259 e. The summed E-state index contributed by atoms with van der Waals surface area (Å²) in [4.78, 5) is 11.6. The van der Waals surface area contributed by atoms with Gasteiger partial charge in [0.15, 0.2) is 6.61 Å². The van der Waals surface area contributed by atoms with Gasteiger partial charge in [0.1, 0.15) is 11.3 Å². The Balaban J connectivity index is 2.51. The zero-order chi connectivity index (χ0) is 14.3. The smallest absolute Gasteiger partial charge is 0.259 e. The van der Waals surface area contributed by atoms with E-state index in [0.717, 1.165) is 0 Å². The number of rotatable bonds is 5. The number of amides is 1. The van der Waals surface area contributed by atoms with E-state index in [1.807, 2.05) is 19.1 Å². The first-order chi connectivity index (χ1) is 9.03. The molecule has 1 atom stereocenters. The number of ether oxygens (including phenoxy) is 1. The van der Waals surface area contributed by atoms with Crippen LogP contribution in [0.2, 0.25) is 0 Å². The first-order valence-corrected chi connectivity index (χ1v) is 5.88. The lowest BCUT2D eigenvalue weighted by molar-refractivity contribution is -0.124. The first-order valence-electron chi connectivity index (χ1n) is 5.88. The van der Waals surface area contributed by atoms with E-state index in [1.54, 1.807) is 31.2 Å². The summed E-state index contributed by atoms with van der Waals surface area (Å²) >= 11 is 0. The van der Waals surface area contributed by atoms with Crippen LogP contribution in [-0.2, 0) is 4.79 Å². The molecule has 98 valence electrons. The van der Waals surface area contributed by atoms with Crippen molar-refractivity contribution < 1.29 is 9.53 Å². The van der Waals surface area contributed by atoms with Gasteiger partial charge in [-0.15, -0.1) is 0 Å². The van der Waals surface area contributed by atoms with Gasteiger partial charge in [0.05, 0.1) is 17.7 Å². The second kappa shape index (κ2) is 6.42. The number of nitriles is 2. The minimum atomic E-state index is -0.870. The summed E-state index contributed by atoms with van der Waals surface area (Å²) in [5.74, 6) is 0.152. The average molecular weight is 257 g/mol. The fourth-order valence-corrected chi connectivity index (χ4v) is 1.31. The standard InChI is InChI=1S/C14H15N3O2/c1-3-14(2,10-16)17-13(18)9-19-12-6-4-11(8-15)5-7-12/h4-7H,3,9H2,1-2H3,(H,17,18)/t14-/m1/s1. The van der Waals surface area contributed by atoms with Gasteiger partial charge in [0.2, 0.25) is 0 Å². The predicted molar refractivity (Wildman–Crippen MR) is 69.1 cm³/mol. The van der Waals surface area contributed by atoms with Gasteiger partial charge >= 0.3 is 0 Å². The number of hydrogen-bond donors (Lipinski definition) is 1. The van der Waals surface area contributed by atoms with Crippen LogP contribution in [0.1, 0.15) is 25.8 Å². The fourth-order valence-electron chi connectivity index (χ4n) is 1.31. The van der Waals surface area contributed by atoms with Crippen molar-refractivity contribution in [2.75, 3.05) is 6.61 Å². The van der Waals surface area contributed by atoms with E-state index < -0.39 is 5.54 Å². The number of benzene rings is 1. The SMILES string of the molecule is CC[C@](C)(C#N)NC(=O)COc1ccc(C#N)cc1. The van der Waals surface area contributed by atoms with Gasteiger partial charge in [0, 0.05) is 0 Å². The van der Waals surface area contributed by atoms with Gasteiger partial charge in [0.25, 0.3) is 5.91 Å². The molecular formula is C14H15N3O2. The molecule has 5 nitrogen and oxygen atoms in total. The molecule has 0 fully saturated rings. The lowest BCUT2D eigenvalue weighted by Gasteiger charge is -2.21. The van der Waals surface area contributed by atoms with E-state index in [2.05, 4.69) is 5.32 Å². The van der Waals surface area contributed by atoms with Crippen molar-refractivity contribution in [2.24, 2.45) is 0 Å². The number of carbonyl (C=O) groups is 1. The van der Waals surface area contributed by atoms with Crippen LogP contribution in [-0.4, -0.2) is 18.1 Å². The Morgan fingerprint density at radius 3 is 2.47 bits per heavy atom. The number of hydrogen-bond acceptors (Lipinski definition) is 4. The van der Waals surface area contributed by atoms with Crippen molar-refractivity contribution in [3.05, 3.63) is 29.8 Å². The molecule has 0 saturated heterocycles. The molecule has 0 spiro atoms. The number of carbonyl (C=O) groups excluding carboxylic acids is 1. The molecule has 1 amide bonds. The third-order valence-corrected chi connectivity index (χ3v) is 2.72. The summed E-state index contributed by atoms with van der Waals surface area (Å²) in [6, 6.07) is 10.5. The molecule has 0 aliphatic rings. The Kier molecular flexibility index (Phi) is 4.91. The second-order valence-electron chi connectivity index (χ2n) is 4.27. The van der Waals surface area contributed by atoms with E-state index in [4.69, 9.17) is 15.3 Å². The average Bonchev–Trinajstić information content (AvgIpc) is 2.45. The molecule has 1 rings (SSSR count). The number of nitrogens with zero attached hydrogens (tertiary/aromatic N) is 2. The molecule has 1 N–H and O–H groups in total. The second-order valence-corrected chi connectivity index (χ2v) is 4.27. The van der Waals surface area contributed by atoms with Crippen LogP contribution in [0.15, 0.2) is 24.3 Å². The minimum absolute atomic E-state index is 0.164. The zero-order valence-electron chi connectivity index (χ0n) is 10.9. The first kappa shape index (κ1) is 14.5. The molecule has 5 heteroatoms. The van der Waals surface area contributed by atoms with Crippen molar-refractivity contribution in [3.63, 3.8) is 0 Å². The van der Waals surface area contributed by atoms with Crippen LogP contribution in [0.4, 0.5) is 0 Å². The highest BCUT2D eigenvalue weighted by Crippen LogP contribution is 2.12. The van der Waals surface area contributed by atoms with Crippen LogP contribution in [0.5, 0.6) is 5.75 Å². The molecule has 19 heavy (non-hydrogen) atoms. The molecule has 0 radical (unpaired) electrons. The van der Waals surface area contributed by atoms with Crippen LogP contribution in [0.3, 0.4) is 0 Å². The summed E-state index contributed by atoms with van der Waals surface area (Å²) in [5, 5.41) is 20.2. The summed E-state index contributed by atoms with van der Waals surface area (Å²) < 4.78 is 5.27. The van der Waals surface area contributed by atoms with Gasteiger partial charge in [-0.3, -0.25) is 4.79 Å². The molecule has 0 aliphatic carbocycles. The maximum atomic E-state index is 11.6. The fraction of sp³-hybridized carbons (Fsp3) is 0.357. The minimum Gasteiger partial charge on any atom is -0.484 e. The summed E-state index contributed by atoms with van der Waals surface area (Å²) in [5.41, 5.74) is -0.342. The third kappa shape index (κ3) is 4.33. The van der Waals surface area contributed by atoms with Crippen LogP contribution < -0.4 is 10.1 Å². The lowest BCUT2D eigenvalue weighted by atomic mass is 10.0. The molecule has 0 aliphatic heterocycles. The van der Waals surface area contributed by atoms with Crippen molar-refractivity contribution in [1.29, 1.82) is 10.5 Å². The summed E-state index contributed by atoms with van der Waals surface area (Å²) in [6.45, 7) is 3.32. The topological polar surface area (TPSA) is 85.9 Å². The van der Waals surface area contributed by atoms with E-state index >= 15 is 0 Å². The molecular weight excluding hydrogens is 242 g/mol. The molecule has 0 saturated carbocycles. The van der Waals surface area contributed by atoms with E-state index in [9.17, 15) is 4.79 Å². The third-order valence-electron chi connectivity index (χ3n) is 2.72. The highest BCUT2D eigenvalue weighted by Gasteiger charge is 2.23. The van der Waals surface area contributed by atoms with Gasteiger partial charge in [-0.05, 0) is 37.6 Å². The number of nitrogens with one attached hydrogen (secondary N) is 1. The summed E-state index contributed by atoms with van der Waals surface area (Å²) in [6.07, 6.45) is 0.520. The van der Waals surface area contributed by atoms with Gasteiger partial charge < -0.3 is 10.1 Å². The molecule has 0 unspecified atom stereocenters. The Labute approximate surface area is 112 Å². The van der Waals surface area contributed by atoms with E-state index in [1.165, 1.54) is 0 Å². The normalized spacial score (nSPS) is 12.6. The Bertz CT molecular complexity index is 525. The monoisotopic (exact) mass is 257 g/mol. The maximum absolute atomic E-state index is 11.6. The predicted octanol–water partition coefficient (Wildman–Crippen LogP) is 1.75.